The van der Waals surface area contributed by atoms with Crippen molar-refractivity contribution in [3.05, 3.63) is 0 Å². The molecule has 1 heterocycles. The third-order valence-corrected chi connectivity index (χ3v) is 5.44. The maximum absolute atomic E-state index is 8.69. The Morgan fingerprint density at radius 1 is 1.44 bits per heavy atom. The molecule has 104 valence electrons. The Hall–Kier alpha value is -0.420. The van der Waals surface area contributed by atoms with Gasteiger partial charge in [-0.3, -0.25) is 0 Å². The van der Waals surface area contributed by atoms with Crippen LogP contribution < -0.4 is 5.73 Å². The van der Waals surface area contributed by atoms with E-state index < -0.39 is 0 Å². The molecule has 0 amide bonds. The van der Waals surface area contributed by atoms with Crippen LogP contribution in [0.2, 0.25) is 0 Å². The van der Waals surface area contributed by atoms with Gasteiger partial charge in [0.2, 0.25) is 0 Å². The maximum atomic E-state index is 8.69. The first kappa shape index (κ1) is 14.0. The quantitative estimate of drug-likeness (QED) is 0.348. The van der Waals surface area contributed by atoms with Gasteiger partial charge in [0.15, 0.2) is 0 Å². The van der Waals surface area contributed by atoms with Crippen LogP contribution in [0.3, 0.4) is 0 Å². The molecule has 0 spiro atoms. The summed E-state index contributed by atoms with van der Waals surface area (Å²) in [6.07, 6.45) is 9.40. The first-order chi connectivity index (χ1) is 8.67. The van der Waals surface area contributed by atoms with E-state index in [-0.39, 0.29) is 0 Å². The molecule has 1 saturated carbocycles. The second-order valence-electron chi connectivity index (χ2n) is 5.83. The van der Waals surface area contributed by atoms with E-state index in [1.807, 2.05) is 11.8 Å². The number of oxime groups is 1. The van der Waals surface area contributed by atoms with Crippen LogP contribution in [0.5, 0.6) is 0 Å². The van der Waals surface area contributed by atoms with Gasteiger partial charge in [0.25, 0.3) is 0 Å². The summed E-state index contributed by atoms with van der Waals surface area (Å²) in [6, 6.07) is 0. The fourth-order valence-corrected chi connectivity index (χ4v) is 3.72. The van der Waals surface area contributed by atoms with Crippen molar-refractivity contribution in [1.82, 2.24) is 4.90 Å². The Balaban J connectivity index is 1.82. The lowest BCUT2D eigenvalue weighted by molar-refractivity contribution is 0.228. The summed E-state index contributed by atoms with van der Waals surface area (Å²) in [5, 5.41) is 12.7. The SMILES string of the molecule is CSC1CCCN(CC2(CC(N)=NO)CC2)CC1. The largest absolute Gasteiger partial charge is 0.409 e. The minimum absolute atomic E-state index is 0.315. The number of thioether (sulfide) groups is 1. The van der Waals surface area contributed by atoms with E-state index in [2.05, 4.69) is 16.3 Å². The molecule has 2 aliphatic rings. The molecule has 1 unspecified atom stereocenters. The van der Waals surface area contributed by atoms with Gasteiger partial charge < -0.3 is 15.8 Å². The third kappa shape index (κ3) is 3.79. The van der Waals surface area contributed by atoms with E-state index in [0.717, 1.165) is 18.2 Å². The molecule has 1 aliphatic carbocycles. The lowest BCUT2D eigenvalue weighted by Crippen LogP contribution is -2.33. The zero-order valence-corrected chi connectivity index (χ0v) is 12.1. The molecule has 1 atom stereocenters. The smallest absolute Gasteiger partial charge is 0.139 e. The van der Waals surface area contributed by atoms with Crippen molar-refractivity contribution >= 4 is 17.6 Å². The Labute approximate surface area is 114 Å². The van der Waals surface area contributed by atoms with E-state index in [1.165, 1.54) is 45.2 Å². The van der Waals surface area contributed by atoms with Crippen LogP contribution >= 0.6 is 11.8 Å². The number of nitrogens with two attached hydrogens (primary N) is 1. The number of amidine groups is 1. The molecule has 2 fully saturated rings. The zero-order chi connectivity index (χ0) is 13.0. The van der Waals surface area contributed by atoms with Crippen LogP contribution in [0.25, 0.3) is 0 Å². The number of hydrogen-bond acceptors (Lipinski definition) is 4. The average molecular weight is 271 g/mol. The van der Waals surface area contributed by atoms with E-state index in [1.54, 1.807) is 0 Å². The fourth-order valence-electron chi connectivity index (χ4n) is 2.98. The molecule has 3 N–H and O–H groups in total. The highest BCUT2D eigenvalue weighted by atomic mass is 32.2. The Morgan fingerprint density at radius 2 is 2.22 bits per heavy atom. The van der Waals surface area contributed by atoms with Gasteiger partial charge in [-0.2, -0.15) is 11.8 Å². The minimum atomic E-state index is 0.315. The van der Waals surface area contributed by atoms with Crippen molar-refractivity contribution in [2.75, 3.05) is 25.9 Å². The highest BCUT2D eigenvalue weighted by Gasteiger charge is 2.44. The second-order valence-corrected chi connectivity index (χ2v) is 6.97. The van der Waals surface area contributed by atoms with E-state index in [4.69, 9.17) is 10.9 Å². The predicted octanol–water partition coefficient (Wildman–Crippen LogP) is 2.12. The molecule has 0 radical (unpaired) electrons. The first-order valence-corrected chi connectivity index (χ1v) is 8.18. The number of nitrogens with zero attached hydrogens (tertiary/aromatic N) is 2. The molecule has 18 heavy (non-hydrogen) atoms. The monoisotopic (exact) mass is 271 g/mol. The average Bonchev–Trinajstić information content (AvgIpc) is 3.14. The van der Waals surface area contributed by atoms with Gasteiger partial charge in [-0.25, -0.2) is 0 Å². The summed E-state index contributed by atoms with van der Waals surface area (Å²) >= 11 is 2.01. The lowest BCUT2D eigenvalue weighted by Gasteiger charge is -2.25. The highest BCUT2D eigenvalue weighted by Crippen LogP contribution is 2.49. The van der Waals surface area contributed by atoms with Crippen LogP contribution in [0.1, 0.15) is 38.5 Å². The van der Waals surface area contributed by atoms with Gasteiger partial charge in [-0.05, 0) is 56.9 Å². The molecule has 4 nitrogen and oxygen atoms in total. The van der Waals surface area contributed by atoms with Crippen molar-refractivity contribution in [2.24, 2.45) is 16.3 Å². The van der Waals surface area contributed by atoms with Gasteiger partial charge in [-0.1, -0.05) is 5.16 Å². The Bertz CT molecular complexity index is 305. The van der Waals surface area contributed by atoms with Gasteiger partial charge in [-0.15, -0.1) is 0 Å². The molecule has 0 aromatic heterocycles. The molecule has 2 rings (SSSR count). The summed E-state index contributed by atoms with van der Waals surface area (Å²) in [6.45, 7) is 3.56. The van der Waals surface area contributed by atoms with Crippen molar-refractivity contribution in [2.45, 2.75) is 43.8 Å². The molecule has 0 aromatic carbocycles. The summed E-state index contributed by atoms with van der Waals surface area (Å²) in [5.41, 5.74) is 5.97. The molecule has 1 aliphatic heterocycles. The van der Waals surface area contributed by atoms with Crippen molar-refractivity contribution in [1.29, 1.82) is 0 Å². The summed E-state index contributed by atoms with van der Waals surface area (Å²) in [4.78, 5) is 2.59. The van der Waals surface area contributed by atoms with Crippen LogP contribution in [-0.2, 0) is 0 Å². The normalized spacial score (nSPS) is 28.9. The summed E-state index contributed by atoms with van der Waals surface area (Å²) in [5.74, 6) is 0.393. The lowest BCUT2D eigenvalue weighted by atomic mass is 10.0. The van der Waals surface area contributed by atoms with Gasteiger partial charge in [0.05, 0.1) is 0 Å². The minimum Gasteiger partial charge on any atom is -0.409 e. The standard InChI is InChI=1S/C13H25N3OS/c1-18-11-3-2-7-16(8-4-11)10-13(5-6-13)9-12(14)15-17/h11,17H,2-10H2,1H3,(H2,14,15). The molecular weight excluding hydrogens is 246 g/mol. The van der Waals surface area contributed by atoms with Gasteiger partial charge in [0, 0.05) is 18.2 Å². The Morgan fingerprint density at radius 3 is 2.83 bits per heavy atom. The van der Waals surface area contributed by atoms with Crippen LogP contribution in [-0.4, -0.2) is 47.1 Å². The highest BCUT2D eigenvalue weighted by molar-refractivity contribution is 7.99. The zero-order valence-electron chi connectivity index (χ0n) is 11.3. The summed E-state index contributed by atoms with van der Waals surface area (Å²) < 4.78 is 0. The Kier molecular flexibility index (Phi) is 4.78. The molecule has 1 saturated heterocycles. The number of hydrogen-bond donors (Lipinski definition) is 2. The van der Waals surface area contributed by atoms with Crippen molar-refractivity contribution in [3.63, 3.8) is 0 Å². The van der Waals surface area contributed by atoms with Gasteiger partial charge in [0.1, 0.15) is 5.84 Å². The van der Waals surface area contributed by atoms with E-state index in [9.17, 15) is 0 Å². The molecule has 0 aromatic rings. The van der Waals surface area contributed by atoms with Crippen molar-refractivity contribution in [3.8, 4) is 0 Å². The topological polar surface area (TPSA) is 61.8 Å². The van der Waals surface area contributed by atoms with Gasteiger partial charge >= 0.3 is 0 Å². The van der Waals surface area contributed by atoms with E-state index >= 15 is 0 Å². The van der Waals surface area contributed by atoms with E-state index in [0.29, 0.717) is 11.3 Å². The molecular formula is C13H25N3OS. The third-order valence-electron chi connectivity index (χ3n) is 4.30. The molecule has 5 heteroatoms. The fraction of sp³-hybridized carbons (Fsp3) is 0.923. The second kappa shape index (κ2) is 6.15. The van der Waals surface area contributed by atoms with Crippen LogP contribution in [0.15, 0.2) is 5.16 Å². The number of likely N-dealkylation sites (tertiary alicyclic amines) is 1. The molecule has 0 bridgehead atoms. The first-order valence-electron chi connectivity index (χ1n) is 6.89. The van der Waals surface area contributed by atoms with Crippen molar-refractivity contribution < 1.29 is 5.21 Å². The van der Waals surface area contributed by atoms with Crippen LogP contribution in [0, 0.1) is 5.41 Å². The summed E-state index contributed by atoms with van der Waals surface area (Å²) in [7, 11) is 0. The maximum Gasteiger partial charge on any atom is 0.139 e. The predicted molar refractivity (Wildman–Crippen MR) is 77.3 cm³/mol. The number of rotatable bonds is 5. The van der Waals surface area contributed by atoms with Crippen LogP contribution in [0.4, 0.5) is 0 Å².